The molecule has 1 aromatic carbocycles. The van der Waals surface area contributed by atoms with E-state index in [1.54, 1.807) is 0 Å². The van der Waals surface area contributed by atoms with Gasteiger partial charge in [-0.3, -0.25) is 0 Å². The topological polar surface area (TPSA) is 35.5 Å². The molecule has 0 amide bonds. The third-order valence-electron chi connectivity index (χ3n) is 1.62. The van der Waals surface area contributed by atoms with Gasteiger partial charge in [0.25, 0.3) is 0 Å². The van der Waals surface area contributed by atoms with Gasteiger partial charge < -0.3 is 9.47 Å². The Morgan fingerprint density at radius 2 is 2.07 bits per heavy atom. The largest absolute Gasteiger partial charge is 0.492 e. The molecule has 1 rings (SSSR count). The second-order valence-electron chi connectivity index (χ2n) is 2.46. The average molecular weight is 263 g/mol. The summed E-state index contributed by atoms with van der Waals surface area (Å²) in [5, 5.41) is 0. The molecule has 0 saturated heterocycles. The standard InChI is InChI=1S/C9H8BrFO3/c1-13-8-6(10)3-5(4-7(8)11)9(12)14-2/h3-4H,1-2H3. The van der Waals surface area contributed by atoms with Crippen molar-refractivity contribution in [3.8, 4) is 5.75 Å². The first-order chi connectivity index (χ1) is 6.60. The van der Waals surface area contributed by atoms with Crippen LogP contribution in [-0.4, -0.2) is 20.2 Å². The van der Waals surface area contributed by atoms with E-state index in [0.717, 1.165) is 6.07 Å². The van der Waals surface area contributed by atoms with Crippen molar-refractivity contribution in [1.29, 1.82) is 0 Å². The molecule has 0 aliphatic rings. The number of halogens is 2. The van der Waals surface area contributed by atoms with E-state index in [1.807, 2.05) is 0 Å². The summed E-state index contributed by atoms with van der Waals surface area (Å²) in [4.78, 5) is 11.1. The molecule has 0 unspecified atom stereocenters. The number of ether oxygens (including phenoxy) is 2. The molecular formula is C9H8BrFO3. The third kappa shape index (κ3) is 2.04. The van der Waals surface area contributed by atoms with Crippen molar-refractivity contribution in [2.45, 2.75) is 0 Å². The second-order valence-corrected chi connectivity index (χ2v) is 3.32. The van der Waals surface area contributed by atoms with Crippen LogP contribution in [0, 0.1) is 5.82 Å². The first kappa shape index (κ1) is 11.0. The molecule has 0 atom stereocenters. The van der Waals surface area contributed by atoms with E-state index >= 15 is 0 Å². The molecule has 0 aliphatic heterocycles. The molecule has 0 saturated carbocycles. The summed E-state index contributed by atoms with van der Waals surface area (Å²) < 4.78 is 22.8. The SMILES string of the molecule is COC(=O)c1cc(F)c(OC)c(Br)c1. The minimum Gasteiger partial charge on any atom is -0.492 e. The maximum Gasteiger partial charge on any atom is 0.337 e. The molecular weight excluding hydrogens is 255 g/mol. The Bertz CT molecular complexity index is 342. The number of esters is 1. The van der Waals surface area contributed by atoms with Crippen LogP contribution >= 0.6 is 15.9 Å². The molecule has 0 N–H and O–H groups in total. The highest BCUT2D eigenvalue weighted by Gasteiger charge is 2.14. The van der Waals surface area contributed by atoms with Gasteiger partial charge in [0, 0.05) is 0 Å². The number of carbonyl (C=O) groups is 1. The molecule has 3 nitrogen and oxygen atoms in total. The Hall–Kier alpha value is -1.10. The smallest absolute Gasteiger partial charge is 0.337 e. The van der Waals surface area contributed by atoms with Crippen LogP contribution in [0.2, 0.25) is 0 Å². The third-order valence-corrected chi connectivity index (χ3v) is 2.21. The zero-order valence-corrected chi connectivity index (χ0v) is 9.22. The number of benzene rings is 1. The Morgan fingerprint density at radius 1 is 1.43 bits per heavy atom. The average Bonchev–Trinajstić information content (AvgIpc) is 2.16. The minimum absolute atomic E-state index is 0.0673. The lowest BCUT2D eigenvalue weighted by Crippen LogP contribution is -2.02. The molecule has 0 fully saturated rings. The molecule has 0 heterocycles. The summed E-state index contributed by atoms with van der Waals surface area (Å²) in [7, 11) is 2.58. The van der Waals surface area contributed by atoms with Crippen LogP contribution in [0.15, 0.2) is 16.6 Å². The van der Waals surface area contributed by atoms with Crippen LogP contribution in [0.3, 0.4) is 0 Å². The van der Waals surface area contributed by atoms with Crippen LogP contribution in [0.5, 0.6) is 5.75 Å². The molecule has 0 bridgehead atoms. The monoisotopic (exact) mass is 262 g/mol. The van der Waals surface area contributed by atoms with E-state index < -0.39 is 11.8 Å². The van der Waals surface area contributed by atoms with Gasteiger partial charge >= 0.3 is 5.97 Å². The lowest BCUT2D eigenvalue weighted by atomic mass is 10.2. The van der Waals surface area contributed by atoms with Gasteiger partial charge in [0.1, 0.15) is 0 Å². The van der Waals surface area contributed by atoms with Crippen molar-refractivity contribution >= 4 is 21.9 Å². The van der Waals surface area contributed by atoms with E-state index in [2.05, 4.69) is 20.7 Å². The van der Waals surface area contributed by atoms with Crippen molar-refractivity contribution in [2.75, 3.05) is 14.2 Å². The minimum atomic E-state index is -0.609. The van der Waals surface area contributed by atoms with Gasteiger partial charge in [-0.25, -0.2) is 9.18 Å². The summed E-state index contributed by atoms with van der Waals surface area (Å²) in [6.45, 7) is 0. The van der Waals surface area contributed by atoms with Crippen LogP contribution < -0.4 is 4.74 Å². The highest BCUT2D eigenvalue weighted by atomic mass is 79.9. The van der Waals surface area contributed by atoms with Crippen molar-refractivity contribution in [1.82, 2.24) is 0 Å². The number of methoxy groups -OCH3 is 2. The molecule has 5 heteroatoms. The summed E-state index contributed by atoms with van der Waals surface area (Å²) in [6.07, 6.45) is 0. The molecule has 76 valence electrons. The lowest BCUT2D eigenvalue weighted by molar-refractivity contribution is 0.0600. The predicted octanol–water partition coefficient (Wildman–Crippen LogP) is 2.38. The summed E-state index contributed by atoms with van der Waals surface area (Å²) in [5.74, 6) is -1.13. The normalized spacial score (nSPS) is 9.71. The van der Waals surface area contributed by atoms with Crippen molar-refractivity contribution < 1.29 is 18.7 Å². The van der Waals surface area contributed by atoms with Gasteiger partial charge in [-0.05, 0) is 28.1 Å². The van der Waals surface area contributed by atoms with E-state index in [0.29, 0.717) is 4.47 Å². The fourth-order valence-corrected chi connectivity index (χ4v) is 1.59. The van der Waals surface area contributed by atoms with Crippen molar-refractivity contribution in [3.05, 3.63) is 28.0 Å². The van der Waals surface area contributed by atoms with Gasteiger partial charge in [0.15, 0.2) is 11.6 Å². The molecule has 0 aromatic heterocycles. The highest BCUT2D eigenvalue weighted by molar-refractivity contribution is 9.10. The first-order valence-electron chi connectivity index (χ1n) is 3.71. The second kappa shape index (κ2) is 4.41. The van der Waals surface area contributed by atoms with Gasteiger partial charge in [0.2, 0.25) is 0 Å². The molecule has 1 aromatic rings. The Labute approximate surface area is 88.9 Å². The van der Waals surface area contributed by atoms with Crippen molar-refractivity contribution in [2.24, 2.45) is 0 Å². The van der Waals surface area contributed by atoms with E-state index in [-0.39, 0.29) is 11.3 Å². The summed E-state index contributed by atoms with van der Waals surface area (Å²) in [5.41, 5.74) is 0.137. The van der Waals surface area contributed by atoms with E-state index in [4.69, 9.17) is 4.74 Å². The van der Waals surface area contributed by atoms with Gasteiger partial charge in [-0.15, -0.1) is 0 Å². The molecule has 0 radical (unpaired) electrons. The molecule has 14 heavy (non-hydrogen) atoms. The number of hydrogen-bond acceptors (Lipinski definition) is 3. The first-order valence-corrected chi connectivity index (χ1v) is 4.50. The van der Waals surface area contributed by atoms with Gasteiger partial charge in [-0.1, -0.05) is 0 Å². The maximum atomic E-state index is 13.2. The quantitative estimate of drug-likeness (QED) is 0.768. The van der Waals surface area contributed by atoms with Crippen molar-refractivity contribution in [3.63, 3.8) is 0 Å². The number of carbonyl (C=O) groups excluding carboxylic acids is 1. The Morgan fingerprint density at radius 3 is 2.50 bits per heavy atom. The Kier molecular flexibility index (Phi) is 3.46. The Balaban J connectivity index is 3.20. The highest BCUT2D eigenvalue weighted by Crippen LogP contribution is 2.29. The van der Waals surface area contributed by atoms with Gasteiger partial charge in [0.05, 0.1) is 24.3 Å². The predicted molar refractivity (Wildman–Crippen MR) is 52.0 cm³/mol. The van der Waals surface area contributed by atoms with E-state index in [1.165, 1.54) is 20.3 Å². The summed E-state index contributed by atoms with van der Waals surface area (Å²) in [6, 6.07) is 2.50. The van der Waals surface area contributed by atoms with Crippen LogP contribution in [0.1, 0.15) is 10.4 Å². The van der Waals surface area contributed by atoms with Crippen LogP contribution in [0.4, 0.5) is 4.39 Å². The van der Waals surface area contributed by atoms with E-state index in [9.17, 15) is 9.18 Å². The number of hydrogen-bond donors (Lipinski definition) is 0. The molecule has 0 aliphatic carbocycles. The zero-order chi connectivity index (χ0) is 10.7. The molecule has 0 spiro atoms. The fraction of sp³-hybridized carbons (Fsp3) is 0.222. The summed E-state index contributed by atoms with van der Waals surface area (Å²) >= 11 is 3.08. The van der Waals surface area contributed by atoms with Gasteiger partial charge in [-0.2, -0.15) is 0 Å². The van der Waals surface area contributed by atoms with Crippen LogP contribution in [0.25, 0.3) is 0 Å². The maximum absolute atomic E-state index is 13.2. The lowest BCUT2D eigenvalue weighted by Gasteiger charge is -2.06. The fourth-order valence-electron chi connectivity index (χ4n) is 0.991. The van der Waals surface area contributed by atoms with Crippen LogP contribution in [-0.2, 0) is 4.74 Å². The zero-order valence-electron chi connectivity index (χ0n) is 7.64. The number of rotatable bonds is 2.